The minimum atomic E-state index is -0.208. The number of likely N-dealkylation sites (tertiary alicyclic amines) is 1. The number of fused-ring (bicyclic) bond motifs is 1. The van der Waals surface area contributed by atoms with Gasteiger partial charge in [-0.1, -0.05) is 0 Å². The van der Waals surface area contributed by atoms with Crippen LogP contribution < -0.4 is 4.90 Å². The van der Waals surface area contributed by atoms with Gasteiger partial charge in [0.15, 0.2) is 0 Å². The fourth-order valence-electron chi connectivity index (χ4n) is 4.13. The Labute approximate surface area is 153 Å². The quantitative estimate of drug-likeness (QED) is 0.908. The molecule has 1 aromatic carbocycles. The smallest absolute Gasteiger partial charge is 0.101 e. The van der Waals surface area contributed by atoms with Crippen LogP contribution in [0.4, 0.5) is 5.69 Å². The lowest BCUT2D eigenvalue weighted by Gasteiger charge is -2.40. The normalized spacial score (nSPS) is 27.0. The molecule has 6 nitrogen and oxygen atoms in total. The monoisotopic (exact) mass is 352 g/mol. The van der Waals surface area contributed by atoms with Crippen LogP contribution in [0.3, 0.4) is 0 Å². The molecular weight excluding hydrogens is 328 g/mol. The molecule has 26 heavy (non-hydrogen) atoms. The Morgan fingerprint density at radius 1 is 1.31 bits per heavy atom. The Morgan fingerprint density at radius 3 is 2.96 bits per heavy atom. The molecule has 0 spiro atoms. The zero-order valence-electron chi connectivity index (χ0n) is 15.0. The maximum atomic E-state index is 9.75. The van der Waals surface area contributed by atoms with E-state index < -0.39 is 0 Å². The molecule has 1 N–H and O–H groups in total. The maximum Gasteiger partial charge on any atom is 0.101 e. The summed E-state index contributed by atoms with van der Waals surface area (Å²) in [5.74, 6) is 0. The Balaban J connectivity index is 1.59. The standard InChI is InChI=1S/C20H24N4O2/c1-14-10-24(13-17(26-14)12-23-8-6-16(25)11-23)19-5-4-15(9-21)20-18(19)3-2-7-22-20/h2-5,7,14,16-17,25H,6,8,10-13H2,1H3/t14-,16?,17+/m1/s1. The molecule has 2 aliphatic heterocycles. The van der Waals surface area contributed by atoms with E-state index in [2.05, 4.69) is 27.8 Å². The molecule has 4 rings (SSSR count). The minimum absolute atomic E-state index is 0.103. The summed E-state index contributed by atoms with van der Waals surface area (Å²) in [6.07, 6.45) is 2.60. The number of nitrogens with zero attached hydrogens (tertiary/aromatic N) is 4. The van der Waals surface area contributed by atoms with E-state index in [1.165, 1.54) is 0 Å². The molecule has 2 aliphatic rings. The van der Waals surface area contributed by atoms with Crippen molar-refractivity contribution in [1.82, 2.24) is 9.88 Å². The molecule has 0 bridgehead atoms. The first kappa shape index (κ1) is 17.2. The fourth-order valence-corrected chi connectivity index (χ4v) is 4.13. The van der Waals surface area contributed by atoms with Crippen molar-refractivity contribution in [2.24, 2.45) is 0 Å². The van der Waals surface area contributed by atoms with Gasteiger partial charge in [-0.3, -0.25) is 9.88 Å². The minimum Gasteiger partial charge on any atom is -0.392 e. The van der Waals surface area contributed by atoms with Gasteiger partial charge < -0.3 is 14.7 Å². The van der Waals surface area contributed by atoms with Gasteiger partial charge in [0, 0.05) is 50.0 Å². The highest BCUT2D eigenvalue weighted by Gasteiger charge is 2.30. The van der Waals surface area contributed by atoms with E-state index in [1.54, 1.807) is 6.20 Å². The summed E-state index contributed by atoms with van der Waals surface area (Å²) in [7, 11) is 0. The first-order valence-corrected chi connectivity index (χ1v) is 9.22. The van der Waals surface area contributed by atoms with Crippen LogP contribution in [0.15, 0.2) is 30.5 Å². The predicted octanol–water partition coefficient (Wildman–Crippen LogP) is 1.77. The van der Waals surface area contributed by atoms with E-state index in [9.17, 15) is 10.4 Å². The molecule has 1 aromatic heterocycles. The van der Waals surface area contributed by atoms with E-state index in [4.69, 9.17) is 4.74 Å². The second-order valence-electron chi connectivity index (χ2n) is 7.32. The summed E-state index contributed by atoms with van der Waals surface area (Å²) in [6.45, 7) is 6.21. The Hall–Kier alpha value is -2.20. The number of nitriles is 1. The molecule has 3 heterocycles. The third kappa shape index (κ3) is 3.38. The van der Waals surface area contributed by atoms with Gasteiger partial charge in [-0.25, -0.2) is 0 Å². The van der Waals surface area contributed by atoms with E-state index in [0.717, 1.165) is 55.7 Å². The zero-order chi connectivity index (χ0) is 18.1. The second kappa shape index (κ2) is 7.20. The zero-order valence-corrected chi connectivity index (χ0v) is 15.0. The van der Waals surface area contributed by atoms with E-state index >= 15 is 0 Å². The van der Waals surface area contributed by atoms with Crippen molar-refractivity contribution in [2.45, 2.75) is 31.7 Å². The lowest BCUT2D eigenvalue weighted by molar-refractivity contribution is -0.0304. The third-order valence-corrected chi connectivity index (χ3v) is 5.24. The Bertz CT molecular complexity index is 834. The average Bonchev–Trinajstić information content (AvgIpc) is 3.05. The molecule has 3 atom stereocenters. The third-order valence-electron chi connectivity index (χ3n) is 5.24. The molecular formula is C20H24N4O2. The number of aromatic nitrogens is 1. The van der Waals surface area contributed by atoms with E-state index in [1.807, 2.05) is 24.3 Å². The van der Waals surface area contributed by atoms with Crippen molar-refractivity contribution in [3.05, 3.63) is 36.0 Å². The van der Waals surface area contributed by atoms with Gasteiger partial charge in [0.25, 0.3) is 0 Å². The van der Waals surface area contributed by atoms with Crippen molar-refractivity contribution in [2.75, 3.05) is 37.6 Å². The number of β-amino-alcohol motifs (C(OH)–C–C–N with tert-alkyl or cyclic N) is 1. The molecule has 0 radical (unpaired) electrons. The highest BCUT2D eigenvalue weighted by atomic mass is 16.5. The summed E-state index contributed by atoms with van der Waals surface area (Å²) in [5.41, 5.74) is 2.47. The van der Waals surface area contributed by atoms with Crippen LogP contribution in [-0.4, -0.2) is 66.0 Å². The summed E-state index contributed by atoms with van der Waals surface area (Å²) in [6, 6.07) is 10.1. The average molecular weight is 352 g/mol. The number of aliphatic hydroxyl groups is 1. The first-order chi connectivity index (χ1) is 12.6. The molecule has 1 unspecified atom stereocenters. The molecule has 2 aromatic rings. The number of benzene rings is 1. The number of ether oxygens (including phenoxy) is 1. The summed E-state index contributed by atoms with van der Waals surface area (Å²) < 4.78 is 6.16. The molecule has 2 fully saturated rings. The van der Waals surface area contributed by atoms with Gasteiger partial charge in [-0.05, 0) is 37.6 Å². The number of hydrogen-bond donors (Lipinski definition) is 1. The first-order valence-electron chi connectivity index (χ1n) is 9.22. The SMILES string of the molecule is C[C@@H]1CN(c2ccc(C#N)c3ncccc23)C[C@H](CN2CCC(O)C2)O1. The van der Waals surface area contributed by atoms with Gasteiger partial charge in [-0.15, -0.1) is 0 Å². The van der Waals surface area contributed by atoms with Gasteiger partial charge in [-0.2, -0.15) is 5.26 Å². The van der Waals surface area contributed by atoms with Crippen LogP contribution in [0, 0.1) is 11.3 Å². The van der Waals surface area contributed by atoms with E-state index in [0.29, 0.717) is 5.56 Å². The van der Waals surface area contributed by atoms with E-state index in [-0.39, 0.29) is 18.3 Å². The molecule has 0 aliphatic carbocycles. The van der Waals surface area contributed by atoms with Gasteiger partial charge in [0.1, 0.15) is 6.07 Å². The Kier molecular flexibility index (Phi) is 4.77. The number of hydrogen-bond acceptors (Lipinski definition) is 6. The van der Waals surface area contributed by atoms with Crippen LogP contribution in [0.1, 0.15) is 18.9 Å². The maximum absolute atomic E-state index is 9.75. The van der Waals surface area contributed by atoms with Crippen LogP contribution in [-0.2, 0) is 4.74 Å². The number of aliphatic hydroxyl groups excluding tert-OH is 1. The summed E-state index contributed by atoms with van der Waals surface area (Å²) in [4.78, 5) is 9.05. The topological polar surface area (TPSA) is 72.6 Å². The molecule has 0 saturated carbocycles. The molecule has 136 valence electrons. The van der Waals surface area contributed by atoms with Crippen LogP contribution in [0.25, 0.3) is 10.9 Å². The van der Waals surface area contributed by atoms with Crippen molar-refractivity contribution < 1.29 is 9.84 Å². The number of pyridine rings is 1. The van der Waals surface area contributed by atoms with Crippen molar-refractivity contribution in [3.8, 4) is 6.07 Å². The molecule has 0 amide bonds. The number of anilines is 1. The van der Waals surface area contributed by atoms with Crippen LogP contribution >= 0.6 is 0 Å². The lowest BCUT2D eigenvalue weighted by Crippen LogP contribution is -2.50. The summed E-state index contributed by atoms with van der Waals surface area (Å²) in [5, 5.41) is 20.1. The van der Waals surface area contributed by atoms with Crippen molar-refractivity contribution >= 4 is 16.6 Å². The molecule has 6 heteroatoms. The van der Waals surface area contributed by atoms with Gasteiger partial charge in [0.05, 0.1) is 29.4 Å². The fraction of sp³-hybridized carbons (Fsp3) is 0.500. The van der Waals surface area contributed by atoms with Crippen molar-refractivity contribution in [3.63, 3.8) is 0 Å². The predicted molar refractivity (Wildman–Crippen MR) is 100 cm³/mol. The highest BCUT2D eigenvalue weighted by Crippen LogP contribution is 2.30. The van der Waals surface area contributed by atoms with Gasteiger partial charge >= 0.3 is 0 Å². The van der Waals surface area contributed by atoms with Gasteiger partial charge in [0.2, 0.25) is 0 Å². The second-order valence-corrected chi connectivity index (χ2v) is 7.32. The highest BCUT2D eigenvalue weighted by molar-refractivity contribution is 5.95. The molecule has 2 saturated heterocycles. The Morgan fingerprint density at radius 2 is 2.19 bits per heavy atom. The number of morpholine rings is 1. The van der Waals surface area contributed by atoms with Crippen LogP contribution in [0.2, 0.25) is 0 Å². The largest absolute Gasteiger partial charge is 0.392 e. The number of rotatable bonds is 3. The van der Waals surface area contributed by atoms with Crippen LogP contribution in [0.5, 0.6) is 0 Å². The summed E-state index contributed by atoms with van der Waals surface area (Å²) >= 11 is 0. The van der Waals surface area contributed by atoms with Crippen molar-refractivity contribution in [1.29, 1.82) is 5.26 Å². The lowest BCUT2D eigenvalue weighted by atomic mass is 10.1.